The van der Waals surface area contributed by atoms with Crippen LogP contribution in [0.25, 0.3) is 0 Å². The monoisotopic (exact) mass is 303 g/mol. The average Bonchev–Trinajstić information content (AvgIpc) is 3.05. The summed E-state index contributed by atoms with van der Waals surface area (Å²) in [6, 6.07) is 8.13. The summed E-state index contributed by atoms with van der Waals surface area (Å²) in [7, 11) is 0. The number of nitrogens with one attached hydrogen (secondary N) is 2. The predicted octanol–water partition coefficient (Wildman–Crippen LogP) is -0.371. The number of aromatic nitrogens is 3. The molecule has 3 N–H and O–H groups in total. The number of carbonyl (C=O) groups is 2. The smallest absolute Gasteiger partial charge is 0.263 e. The average molecular weight is 303 g/mol. The maximum Gasteiger partial charge on any atom is 0.263 e. The minimum Gasteiger partial charge on any atom is -0.394 e. The van der Waals surface area contributed by atoms with Crippen LogP contribution in [0.15, 0.2) is 43.0 Å². The van der Waals surface area contributed by atoms with Crippen molar-refractivity contribution in [3.05, 3.63) is 48.5 Å². The Morgan fingerprint density at radius 3 is 2.41 bits per heavy atom. The molecule has 0 saturated carbocycles. The van der Waals surface area contributed by atoms with Crippen molar-refractivity contribution in [1.29, 1.82) is 0 Å². The van der Waals surface area contributed by atoms with Crippen LogP contribution in [0.4, 0.5) is 0 Å². The number of rotatable bonds is 6. The van der Waals surface area contributed by atoms with Crippen LogP contribution in [0.2, 0.25) is 0 Å². The molecule has 0 saturated heterocycles. The molecule has 1 heterocycles. The fourth-order valence-corrected chi connectivity index (χ4v) is 1.85. The van der Waals surface area contributed by atoms with E-state index in [0.717, 1.165) is 5.56 Å². The fraction of sp³-hybridized carbons (Fsp3) is 0.286. The lowest BCUT2D eigenvalue weighted by molar-refractivity contribution is -0.128. The lowest BCUT2D eigenvalue weighted by Gasteiger charge is -2.19. The fourth-order valence-electron chi connectivity index (χ4n) is 1.85. The SMILES string of the molecule is CC(C(=O)NC(CO)C(=O)Nn1cnnc1)c1ccccc1. The van der Waals surface area contributed by atoms with Crippen LogP contribution in [0.5, 0.6) is 0 Å². The van der Waals surface area contributed by atoms with Crippen LogP contribution in [0.1, 0.15) is 18.4 Å². The summed E-state index contributed by atoms with van der Waals surface area (Å²) in [5, 5.41) is 18.9. The number of amides is 2. The number of aliphatic hydroxyl groups is 1. The summed E-state index contributed by atoms with van der Waals surface area (Å²) in [6.07, 6.45) is 2.58. The molecular formula is C14H17N5O3. The molecule has 0 aliphatic heterocycles. The zero-order valence-electron chi connectivity index (χ0n) is 12.0. The first-order valence-corrected chi connectivity index (χ1v) is 6.73. The quantitative estimate of drug-likeness (QED) is 0.674. The van der Waals surface area contributed by atoms with E-state index < -0.39 is 24.5 Å². The van der Waals surface area contributed by atoms with Crippen LogP contribution in [-0.4, -0.2) is 44.4 Å². The molecule has 2 amide bonds. The Morgan fingerprint density at radius 1 is 1.18 bits per heavy atom. The van der Waals surface area contributed by atoms with Gasteiger partial charge in [0, 0.05) is 0 Å². The number of carbonyl (C=O) groups excluding carboxylic acids is 2. The van der Waals surface area contributed by atoms with Crippen LogP contribution in [-0.2, 0) is 9.59 Å². The topological polar surface area (TPSA) is 109 Å². The van der Waals surface area contributed by atoms with Crippen molar-refractivity contribution in [2.45, 2.75) is 18.9 Å². The largest absolute Gasteiger partial charge is 0.394 e. The van der Waals surface area contributed by atoms with Crippen molar-refractivity contribution < 1.29 is 14.7 Å². The maximum atomic E-state index is 12.2. The van der Waals surface area contributed by atoms with Gasteiger partial charge in [-0.1, -0.05) is 30.3 Å². The lowest BCUT2D eigenvalue weighted by atomic mass is 10.00. The molecule has 116 valence electrons. The summed E-state index contributed by atoms with van der Waals surface area (Å²) in [5.74, 6) is -1.34. The zero-order valence-corrected chi connectivity index (χ0v) is 12.0. The standard InChI is InChI=1S/C14H17N5O3/c1-10(11-5-3-2-4-6-11)13(21)17-12(7-20)14(22)18-19-8-15-16-9-19/h2-6,8-10,12,20H,7H2,1H3,(H,17,21)(H,18,22). The minimum absolute atomic E-state index is 0.343. The van der Waals surface area contributed by atoms with Gasteiger partial charge in [0.2, 0.25) is 5.91 Å². The first-order valence-electron chi connectivity index (χ1n) is 6.73. The Balaban J connectivity index is 1.97. The molecule has 22 heavy (non-hydrogen) atoms. The van der Waals surface area contributed by atoms with E-state index in [9.17, 15) is 14.7 Å². The van der Waals surface area contributed by atoms with Gasteiger partial charge in [0.25, 0.3) is 5.91 Å². The van der Waals surface area contributed by atoms with Crippen molar-refractivity contribution in [2.24, 2.45) is 0 Å². The van der Waals surface area contributed by atoms with Gasteiger partial charge in [-0.05, 0) is 12.5 Å². The molecule has 0 fully saturated rings. The van der Waals surface area contributed by atoms with Crippen LogP contribution in [0, 0.1) is 0 Å². The zero-order chi connectivity index (χ0) is 15.9. The van der Waals surface area contributed by atoms with Gasteiger partial charge in [-0.2, -0.15) is 0 Å². The third-order valence-corrected chi connectivity index (χ3v) is 3.17. The Morgan fingerprint density at radius 2 is 1.82 bits per heavy atom. The Labute approximate surface area is 127 Å². The number of nitrogens with zero attached hydrogens (tertiary/aromatic N) is 3. The van der Waals surface area contributed by atoms with Crippen LogP contribution in [0.3, 0.4) is 0 Å². The summed E-state index contributed by atoms with van der Waals surface area (Å²) in [5.41, 5.74) is 3.26. The molecule has 2 unspecified atom stereocenters. The van der Waals surface area contributed by atoms with Gasteiger partial charge in [-0.15, -0.1) is 10.2 Å². The van der Waals surface area contributed by atoms with Gasteiger partial charge >= 0.3 is 0 Å². The summed E-state index contributed by atoms with van der Waals surface area (Å²) >= 11 is 0. The molecule has 2 aromatic rings. The highest BCUT2D eigenvalue weighted by atomic mass is 16.3. The predicted molar refractivity (Wildman–Crippen MR) is 78.3 cm³/mol. The first-order chi connectivity index (χ1) is 10.6. The molecule has 1 aromatic heterocycles. The van der Waals surface area contributed by atoms with Gasteiger partial charge < -0.3 is 10.4 Å². The van der Waals surface area contributed by atoms with E-state index in [1.165, 1.54) is 17.3 Å². The third kappa shape index (κ3) is 3.89. The third-order valence-electron chi connectivity index (χ3n) is 3.17. The highest BCUT2D eigenvalue weighted by Gasteiger charge is 2.23. The maximum absolute atomic E-state index is 12.2. The van der Waals surface area contributed by atoms with Crippen molar-refractivity contribution in [3.63, 3.8) is 0 Å². The molecule has 0 bridgehead atoms. The normalized spacial score (nSPS) is 13.2. The van der Waals surface area contributed by atoms with E-state index in [0.29, 0.717) is 0 Å². The second-order valence-electron chi connectivity index (χ2n) is 4.72. The summed E-state index contributed by atoms with van der Waals surface area (Å²) in [4.78, 5) is 24.2. The molecule has 1 aromatic carbocycles. The van der Waals surface area contributed by atoms with Crippen molar-refractivity contribution in [1.82, 2.24) is 20.2 Å². The summed E-state index contributed by atoms with van der Waals surface area (Å²) < 4.78 is 1.23. The van der Waals surface area contributed by atoms with Gasteiger partial charge in [0.15, 0.2) is 0 Å². The van der Waals surface area contributed by atoms with E-state index in [4.69, 9.17) is 0 Å². The van der Waals surface area contributed by atoms with E-state index >= 15 is 0 Å². The molecule has 8 nitrogen and oxygen atoms in total. The van der Waals surface area contributed by atoms with E-state index in [-0.39, 0.29) is 5.91 Å². The Kier molecular flexibility index (Phi) is 5.21. The minimum atomic E-state index is -1.05. The van der Waals surface area contributed by atoms with Crippen molar-refractivity contribution >= 4 is 11.8 Å². The van der Waals surface area contributed by atoms with Crippen molar-refractivity contribution in [2.75, 3.05) is 12.0 Å². The number of hydrogen-bond donors (Lipinski definition) is 3. The van der Waals surface area contributed by atoms with E-state index in [1.807, 2.05) is 30.3 Å². The van der Waals surface area contributed by atoms with E-state index in [1.54, 1.807) is 6.92 Å². The van der Waals surface area contributed by atoms with E-state index in [2.05, 4.69) is 20.9 Å². The molecular weight excluding hydrogens is 286 g/mol. The molecule has 0 radical (unpaired) electrons. The number of aliphatic hydroxyl groups excluding tert-OH is 1. The van der Waals surface area contributed by atoms with Gasteiger partial charge in [-0.25, -0.2) is 4.68 Å². The molecule has 0 aliphatic carbocycles. The summed E-state index contributed by atoms with van der Waals surface area (Å²) in [6.45, 7) is 1.22. The molecule has 0 aliphatic rings. The highest BCUT2D eigenvalue weighted by Crippen LogP contribution is 2.14. The van der Waals surface area contributed by atoms with Crippen LogP contribution >= 0.6 is 0 Å². The van der Waals surface area contributed by atoms with Crippen molar-refractivity contribution in [3.8, 4) is 0 Å². The molecule has 0 spiro atoms. The molecule has 2 atom stereocenters. The second kappa shape index (κ2) is 7.32. The number of benzene rings is 1. The molecule has 2 rings (SSSR count). The first kappa shape index (κ1) is 15.6. The Bertz CT molecular complexity index is 615. The lowest BCUT2D eigenvalue weighted by Crippen LogP contribution is -2.48. The van der Waals surface area contributed by atoms with Gasteiger partial charge in [-0.3, -0.25) is 15.0 Å². The second-order valence-corrected chi connectivity index (χ2v) is 4.72. The van der Waals surface area contributed by atoms with Crippen LogP contribution < -0.4 is 10.7 Å². The highest BCUT2D eigenvalue weighted by molar-refractivity contribution is 5.94. The van der Waals surface area contributed by atoms with Gasteiger partial charge in [0.05, 0.1) is 12.5 Å². The Hall–Kier alpha value is -2.74. The van der Waals surface area contributed by atoms with Gasteiger partial charge in [0.1, 0.15) is 18.7 Å². The molecule has 8 heteroatoms. The number of hydrogen-bond acceptors (Lipinski definition) is 5.